The summed E-state index contributed by atoms with van der Waals surface area (Å²) >= 11 is 0. The molecule has 1 saturated carbocycles. The van der Waals surface area contributed by atoms with Gasteiger partial charge in [-0.05, 0) is 70.9 Å². The molecule has 126 valence electrons. The minimum Gasteiger partial charge on any atom is -0.317 e. The summed E-state index contributed by atoms with van der Waals surface area (Å²) in [4.78, 5) is 0. The first-order valence-corrected chi connectivity index (χ1v) is 10.3. The normalized spacial score (nSPS) is 27.8. The van der Waals surface area contributed by atoms with Crippen LogP contribution in [0.4, 0.5) is 0 Å². The number of sulfone groups is 1. The molecule has 0 heterocycles. The van der Waals surface area contributed by atoms with Crippen LogP contribution in [0.1, 0.15) is 66.7 Å². The van der Waals surface area contributed by atoms with Gasteiger partial charge >= 0.3 is 0 Å². The summed E-state index contributed by atoms with van der Waals surface area (Å²) in [6.45, 7) is 11.9. The standard InChI is InChI=1S/C17H35NO2S/c1-6-14-8-9-16(13-18-7-2)15(12-14)10-11-21(19,20)17(3,4)5/h14-16,18H,6-13H2,1-5H3. The van der Waals surface area contributed by atoms with Gasteiger partial charge in [0.25, 0.3) is 0 Å². The van der Waals surface area contributed by atoms with Gasteiger partial charge in [0.05, 0.1) is 10.5 Å². The van der Waals surface area contributed by atoms with E-state index in [0.717, 1.165) is 25.4 Å². The van der Waals surface area contributed by atoms with Crippen molar-refractivity contribution in [3.8, 4) is 0 Å². The van der Waals surface area contributed by atoms with Gasteiger partial charge in [-0.2, -0.15) is 0 Å². The topological polar surface area (TPSA) is 46.2 Å². The van der Waals surface area contributed by atoms with Crippen molar-refractivity contribution in [3.05, 3.63) is 0 Å². The lowest BCUT2D eigenvalue weighted by atomic mass is 9.72. The maximum atomic E-state index is 12.4. The third-order valence-electron chi connectivity index (χ3n) is 5.17. The van der Waals surface area contributed by atoms with Crippen molar-refractivity contribution in [1.29, 1.82) is 0 Å². The first kappa shape index (κ1) is 19.0. The molecule has 0 aromatic heterocycles. The fraction of sp³-hybridized carbons (Fsp3) is 1.00. The number of nitrogens with one attached hydrogen (secondary N) is 1. The second-order valence-electron chi connectivity index (χ2n) is 7.64. The molecule has 1 aliphatic carbocycles. The Morgan fingerprint density at radius 1 is 1.10 bits per heavy atom. The molecule has 3 atom stereocenters. The molecule has 0 aromatic rings. The molecule has 0 amide bonds. The number of hydrogen-bond acceptors (Lipinski definition) is 3. The lowest BCUT2D eigenvalue weighted by molar-refractivity contribution is 0.169. The Bertz CT molecular complexity index is 398. The zero-order valence-electron chi connectivity index (χ0n) is 14.6. The summed E-state index contributed by atoms with van der Waals surface area (Å²) in [6, 6.07) is 0. The number of rotatable bonds is 7. The van der Waals surface area contributed by atoms with Gasteiger partial charge in [-0.3, -0.25) is 0 Å². The molecule has 0 aliphatic heterocycles. The summed E-state index contributed by atoms with van der Waals surface area (Å²) in [5.74, 6) is 2.37. The van der Waals surface area contributed by atoms with Crippen molar-refractivity contribution in [3.63, 3.8) is 0 Å². The molecule has 4 heteroatoms. The van der Waals surface area contributed by atoms with Crippen LogP contribution in [0, 0.1) is 17.8 Å². The molecule has 3 nitrogen and oxygen atoms in total. The van der Waals surface area contributed by atoms with E-state index in [1.165, 1.54) is 25.7 Å². The van der Waals surface area contributed by atoms with Crippen LogP contribution in [0.3, 0.4) is 0 Å². The zero-order valence-corrected chi connectivity index (χ0v) is 15.4. The van der Waals surface area contributed by atoms with Gasteiger partial charge in [0.1, 0.15) is 0 Å². The molecule has 1 N–H and O–H groups in total. The molecule has 0 spiro atoms. The average Bonchev–Trinajstić information content (AvgIpc) is 2.42. The van der Waals surface area contributed by atoms with Gasteiger partial charge in [-0.15, -0.1) is 0 Å². The smallest absolute Gasteiger partial charge is 0.155 e. The Balaban J connectivity index is 2.65. The van der Waals surface area contributed by atoms with Crippen LogP contribution < -0.4 is 5.32 Å². The second-order valence-corrected chi connectivity index (χ2v) is 10.5. The molecule has 3 unspecified atom stereocenters. The molecule has 1 fully saturated rings. The fourth-order valence-corrected chi connectivity index (χ4v) is 4.58. The van der Waals surface area contributed by atoms with Crippen LogP contribution >= 0.6 is 0 Å². The van der Waals surface area contributed by atoms with Gasteiger partial charge in [-0.25, -0.2) is 8.42 Å². The van der Waals surface area contributed by atoms with E-state index in [0.29, 0.717) is 17.6 Å². The highest BCUT2D eigenvalue weighted by atomic mass is 32.2. The third-order valence-corrected chi connectivity index (χ3v) is 7.81. The summed E-state index contributed by atoms with van der Waals surface area (Å²) < 4.78 is 24.1. The Morgan fingerprint density at radius 2 is 1.76 bits per heavy atom. The van der Waals surface area contributed by atoms with Crippen LogP contribution in [-0.4, -0.2) is 32.0 Å². The van der Waals surface area contributed by atoms with Crippen molar-refractivity contribution < 1.29 is 8.42 Å². The van der Waals surface area contributed by atoms with E-state index >= 15 is 0 Å². The van der Waals surface area contributed by atoms with Crippen LogP contribution in [0.25, 0.3) is 0 Å². The Morgan fingerprint density at radius 3 is 2.29 bits per heavy atom. The monoisotopic (exact) mass is 317 g/mol. The van der Waals surface area contributed by atoms with Crippen molar-refractivity contribution in [2.24, 2.45) is 17.8 Å². The minimum absolute atomic E-state index is 0.347. The van der Waals surface area contributed by atoms with Crippen molar-refractivity contribution in [1.82, 2.24) is 5.32 Å². The summed E-state index contributed by atoms with van der Waals surface area (Å²) in [5.41, 5.74) is 0. The molecular formula is C17H35NO2S. The summed E-state index contributed by atoms with van der Waals surface area (Å²) in [5, 5.41) is 3.46. The van der Waals surface area contributed by atoms with E-state index < -0.39 is 14.6 Å². The molecule has 1 aliphatic rings. The molecule has 0 bridgehead atoms. The molecule has 21 heavy (non-hydrogen) atoms. The zero-order chi connectivity index (χ0) is 16.1. The third kappa shape index (κ3) is 5.55. The van der Waals surface area contributed by atoms with Crippen LogP contribution in [-0.2, 0) is 9.84 Å². The largest absolute Gasteiger partial charge is 0.317 e. The highest BCUT2D eigenvalue weighted by molar-refractivity contribution is 7.92. The quantitative estimate of drug-likeness (QED) is 0.780. The minimum atomic E-state index is -2.99. The van der Waals surface area contributed by atoms with E-state index in [1.54, 1.807) is 0 Å². The van der Waals surface area contributed by atoms with Crippen LogP contribution in [0.2, 0.25) is 0 Å². The SMILES string of the molecule is CCNCC1CCC(CC)CC1CCS(=O)(=O)C(C)(C)C. The molecular weight excluding hydrogens is 282 g/mol. The maximum Gasteiger partial charge on any atom is 0.155 e. The van der Waals surface area contributed by atoms with Gasteiger partial charge in [-0.1, -0.05) is 26.7 Å². The molecule has 0 aromatic carbocycles. The van der Waals surface area contributed by atoms with Crippen LogP contribution in [0.5, 0.6) is 0 Å². The van der Waals surface area contributed by atoms with Gasteiger partial charge in [0.15, 0.2) is 9.84 Å². The molecule has 0 radical (unpaired) electrons. The van der Waals surface area contributed by atoms with Gasteiger partial charge in [0.2, 0.25) is 0 Å². The lowest BCUT2D eigenvalue weighted by Crippen LogP contribution is -2.36. The second kappa shape index (κ2) is 7.96. The Hall–Kier alpha value is -0.0900. The van der Waals surface area contributed by atoms with Crippen molar-refractivity contribution in [2.45, 2.75) is 71.5 Å². The highest BCUT2D eigenvalue weighted by Crippen LogP contribution is 2.37. The van der Waals surface area contributed by atoms with Crippen molar-refractivity contribution in [2.75, 3.05) is 18.8 Å². The first-order valence-electron chi connectivity index (χ1n) is 8.64. The highest BCUT2D eigenvalue weighted by Gasteiger charge is 2.33. The van der Waals surface area contributed by atoms with E-state index in [-0.39, 0.29) is 0 Å². The van der Waals surface area contributed by atoms with Crippen molar-refractivity contribution >= 4 is 9.84 Å². The predicted molar refractivity (Wildman–Crippen MR) is 91.3 cm³/mol. The molecule has 0 saturated heterocycles. The Labute approximate surface area is 132 Å². The average molecular weight is 318 g/mol. The van der Waals surface area contributed by atoms with E-state index in [4.69, 9.17) is 0 Å². The Kier molecular flexibility index (Phi) is 7.18. The lowest BCUT2D eigenvalue weighted by Gasteiger charge is -2.36. The molecule has 1 rings (SSSR count). The number of hydrogen-bond donors (Lipinski definition) is 1. The fourth-order valence-electron chi connectivity index (χ4n) is 3.36. The van der Waals surface area contributed by atoms with E-state index in [9.17, 15) is 8.42 Å². The van der Waals surface area contributed by atoms with E-state index in [2.05, 4.69) is 19.2 Å². The predicted octanol–water partition coefficient (Wildman–Crippen LogP) is 3.64. The maximum absolute atomic E-state index is 12.4. The van der Waals surface area contributed by atoms with Gasteiger partial charge < -0.3 is 5.32 Å². The van der Waals surface area contributed by atoms with Gasteiger partial charge in [0, 0.05) is 0 Å². The first-order chi connectivity index (χ1) is 9.71. The summed E-state index contributed by atoms with van der Waals surface area (Å²) in [7, 11) is -2.99. The van der Waals surface area contributed by atoms with Crippen LogP contribution in [0.15, 0.2) is 0 Å². The van der Waals surface area contributed by atoms with E-state index in [1.807, 2.05) is 20.8 Å². The summed E-state index contributed by atoms with van der Waals surface area (Å²) in [6.07, 6.45) is 5.86.